The highest BCUT2D eigenvalue weighted by Crippen LogP contribution is 2.22. The van der Waals surface area contributed by atoms with Crippen molar-refractivity contribution < 1.29 is 4.79 Å². The van der Waals surface area contributed by atoms with Crippen molar-refractivity contribution in [3.8, 4) is 0 Å². The molecular formula is C14H25N3O. The Hall–Kier alpha value is -0.610. The maximum absolute atomic E-state index is 12.3. The number of hydrogen-bond donors (Lipinski definition) is 1. The molecule has 1 atom stereocenters. The minimum atomic E-state index is 0.116. The third-order valence-corrected chi connectivity index (χ3v) is 4.43. The van der Waals surface area contributed by atoms with Crippen LogP contribution in [0.4, 0.5) is 0 Å². The number of likely N-dealkylation sites (tertiary alicyclic amines) is 2. The lowest BCUT2D eigenvalue weighted by atomic mass is 10.0. The highest BCUT2D eigenvalue weighted by molar-refractivity contribution is 5.82. The Bertz CT molecular complexity index is 297. The predicted molar refractivity (Wildman–Crippen MR) is 71.4 cm³/mol. The summed E-state index contributed by atoms with van der Waals surface area (Å²) in [4.78, 5) is 16.9. The van der Waals surface area contributed by atoms with Gasteiger partial charge in [-0.25, -0.2) is 0 Å². The van der Waals surface area contributed by atoms with Gasteiger partial charge in [0.15, 0.2) is 0 Å². The van der Waals surface area contributed by atoms with Crippen molar-refractivity contribution >= 4 is 5.91 Å². The first kappa shape index (κ1) is 12.4. The zero-order chi connectivity index (χ0) is 12.4. The number of nitrogens with zero attached hydrogens (tertiary/aromatic N) is 2. The van der Waals surface area contributed by atoms with E-state index in [0.717, 1.165) is 32.5 Å². The molecule has 4 nitrogen and oxygen atoms in total. The Morgan fingerprint density at radius 1 is 1.00 bits per heavy atom. The summed E-state index contributed by atoms with van der Waals surface area (Å²) in [7, 11) is 0. The van der Waals surface area contributed by atoms with Crippen molar-refractivity contribution in [2.45, 2.75) is 50.6 Å². The van der Waals surface area contributed by atoms with Gasteiger partial charge >= 0.3 is 0 Å². The molecule has 0 spiro atoms. The molecule has 0 radical (unpaired) electrons. The van der Waals surface area contributed by atoms with Crippen molar-refractivity contribution in [2.75, 3.05) is 32.7 Å². The summed E-state index contributed by atoms with van der Waals surface area (Å²) in [5.41, 5.74) is 0. The Morgan fingerprint density at radius 3 is 2.50 bits per heavy atom. The van der Waals surface area contributed by atoms with Crippen LogP contribution in [-0.2, 0) is 4.79 Å². The molecule has 0 aromatic heterocycles. The van der Waals surface area contributed by atoms with Gasteiger partial charge in [0.1, 0.15) is 0 Å². The van der Waals surface area contributed by atoms with Crippen molar-refractivity contribution in [1.82, 2.24) is 15.1 Å². The third-order valence-electron chi connectivity index (χ3n) is 4.43. The van der Waals surface area contributed by atoms with Gasteiger partial charge in [-0.2, -0.15) is 0 Å². The van der Waals surface area contributed by atoms with Gasteiger partial charge in [0, 0.05) is 25.7 Å². The van der Waals surface area contributed by atoms with Crippen LogP contribution in [0.1, 0.15) is 38.5 Å². The molecular weight excluding hydrogens is 226 g/mol. The monoisotopic (exact) mass is 251 g/mol. The molecule has 4 heteroatoms. The third kappa shape index (κ3) is 3.04. The summed E-state index contributed by atoms with van der Waals surface area (Å²) in [5, 5.41) is 3.50. The van der Waals surface area contributed by atoms with E-state index in [2.05, 4.69) is 15.1 Å². The molecule has 3 aliphatic rings. The van der Waals surface area contributed by atoms with Crippen LogP contribution in [0.25, 0.3) is 0 Å². The average Bonchev–Trinajstić information content (AvgIpc) is 3.04. The van der Waals surface area contributed by atoms with E-state index in [-0.39, 0.29) is 6.04 Å². The summed E-state index contributed by atoms with van der Waals surface area (Å²) >= 11 is 0. The summed E-state index contributed by atoms with van der Waals surface area (Å²) in [5.74, 6) is 0.354. The molecule has 0 bridgehead atoms. The molecule has 1 unspecified atom stereocenters. The zero-order valence-electron chi connectivity index (χ0n) is 11.2. The summed E-state index contributed by atoms with van der Waals surface area (Å²) in [6, 6.07) is 0.752. The lowest BCUT2D eigenvalue weighted by Gasteiger charge is -2.33. The van der Waals surface area contributed by atoms with E-state index in [1.54, 1.807) is 0 Å². The molecule has 1 N–H and O–H groups in total. The number of piperidine rings is 1. The van der Waals surface area contributed by atoms with Crippen molar-refractivity contribution in [1.29, 1.82) is 0 Å². The molecule has 3 fully saturated rings. The maximum atomic E-state index is 12.3. The lowest BCUT2D eigenvalue weighted by molar-refractivity contribution is -0.136. The van der Waals surface area contributed by atoms with Crippen LogP contribution in [0.15, 0.2) is 0 Å². The molecule has 0 aromatic carbocycles. The number of carbonyl (C=O) groups excluding carboxylic acids is 1. The van der Waals surface area contributed by atoms with Gasteiger partial charge in [-0.1, -0.05) is 0 Å². The topological polar surface area (TPSA) is 35.6 Å². The number of rotatable bonds is 5. The lowest BCUT2D eigenvalue weighted by Crippen LogP contribution is -2.52. The van der Waals surface area contributed by atoms with Gasteiger partial charge in [-0.05, 0) is 51.6 Å². The molecule has 3 rings (SSSR count). The second kappa shape index (κ2) is 5.57. The number of amides is 1. The highest BCUT2D eigenvalue weighted by Gasteiger charge is 2.33. The first-order valence-corrected chi connectivity index (χ1v) is 7.60. The summed E-state index contributed by atoms with van der Waals surface area (Å²) in [6.07, 6.45) is 7.39. The molecule has 2 aliphatic heterocycles. The van der Waals surface area contributed by atoms with Crippen LogP contribution in [0.5, 0.6) is 0 Å². The van der Waals surface area contributed by atoms with E-state index in [1.807, 2.05) is 0 Å². The highest BCUT2D eigenvalue weighted by atomic mass is 16.2. The molecule has 0 aromatic rings. The SMILES string of the molecule is O=C1C(NC2CC2)CCCN1CCN1CCCC1. The molecule has 18 heavy (non-hydrogen) atoms. The summed E-state index contributed by atoms with van der Waals surface area (Å²) in [6.45, 7) is 5.43. The van der Waals surface area contributed by atoms with Crippen LogP contribution in [0.2, 0.25) is 0 Å². The van der Waals surface area contributed by atoms with Gasteiger partial charge < -0.3 is 15.1 Å². The van der Waals surface area contributed by atoms with E-state index >= 15 is 0 Å². The Morgan fingerprint density at radius 2 is 1.78 bits per heavy atom. The standard InChI is InChI=1S/C14H25N3O/c18-14-13(15-12-5-6-12)4-3-9-17(14)11-10-16-7-1-2-8-16/h12-13,15H,1-11H2. The van der Waals surface area contributed by atoms with E-state index in [0.29, 0.717) is 11.9 Å². The van der Waals surface area contributed by atoms with Gasteiger partial charge in [0.25, 0.3) is 0 Å². The van der Waals surface area contributed by atoms with Crippen LogP contribution in [0, 0.1) is 0 Å². The van der Waals surface area contributed by atoms with Crippen LogP contribution in [0.3, 0.4) is 0 Å². The first-order chi connectivity index (χ1) is 8.83. The van der Waals surface area contributed by atoms with E-state index in [4.69, 9.17) is 0 Å². The summed E-state index contributed by atoms with van der Waals surface area (Å²) < 4.78 is 0. The Balaban J connectivity index is 1.46. The van der Waals surface area contributed by atoms with Crippen LogP contribution >= 0.6 is 0 Å². The normalized spacial score (nSPS) is 30.1. The average molecular weight is 251 g/mol. The zero-order valence-corrected chi connectivity index (χ0v) is 11.2. The quantitative estimate of drug-likeness (QED) is 0.786. The molecule has 1 aliphatic carbocycles. The molecule has 2 heterocycles. The van der Waals surface area contributed by atoms with Gasteiger partial charge in [0.2, 0.25) is 5.91 Å². The Kier molecular flexibility index (Phi) is 3.85. The minimum Gasteiger partial charge on any atom is -0.340 e. The second-order valence-electron chi connectivity index (χ2n) is 6.01. The Labute approximate surface area is 110 Å². The number of nitrogens with one attached hydrogen (secondary N) is 1. The van der Waals surface area contributed by atoms with Crippen LogP contribution in [-0.4, -0.2) is 60.5 Å². The second-order valence-corrected chi connectivity index (χ2v) is 6.01. The molecule has 2 saturated heterocycles. The van der Waals surface area contributed by atoms with Gasteiger partial charge in [0.05, 0.1) is 6.04 Å². The predicted octanol–water partition coefficient (Wildman–Crippen LogP) is 0.825. The smallest absolute Gasteiger partial charge is 0.239 e. The maximum Gasteiger partial charge on any atom is 0.239 e. The van der Waals surface area contributed by atoms with E-state index < -0.39 is 0 Å². The van der Waals surface area contributed by atoms with Crippen molar-refractivity contribution in [3.05, 3.63) is 0 Å². The molecule has 1 saturated carbocycles. The first-order valence-electron chi connectivity index (χ1n) is 7.60. The number of carbonyl (C=O) groups is 1. The van der Waals surface area contributed by atoms with Crippen LogP contribution < -0.4 is 5.32 Å². The fraction of sp³-hybridized carbons (Fsp3) is 0.929. The molecule has 1 amide bonds. The van der Waals surface area contributed by atoms with E-state index in [9.17, 15) is 4.79 Å². The fourth-order valence-corrected chi connectivity index (χ4v) is 3.12. The van der Waals surface area contributed by atoms with Gasteiger partial charge in [-0.3, -0.25) is 4.79 Å². The van der Waals surface area contributed by atoms with E-state index in [1.165, 1.54) is 38.8 Å². The van der Waals surface area contributed by atoms with Crippen molar-refractivity contribution in [2.24, 2.45) is 0 Å². The fourth-order valence-electron chi connectivity index (χ4n) is 3.12. The van der Waals surface area contributed by atoms with Gasteiger partial charge in [-0.15, -0.1) is 0 Å². The number of hydrogen-bond acceptors (Lipinski definition) is 3. The minimum absolute atomic E-state index is 0.116. The molecule has 102 valence electrons. The largest absolute Gasteiger partial charge is 0.340 e. The van der Waals surface area contributed by atoms with Crippen molar-refractivity contribution in [3.63, 3.8) is 0 Å².